The molecule has 27 heavy (non-hydrogen) atoms. The van der Waals surface area contributed by atoms with Crippen molar-refractivity contribution in [1.29, 1.82) is 0 Å². The highest BCUT2D eigenvalue weighted by atomic mass is 32.2. The quantitative estimate of drug-likeness (QED) is 0.698. The number of benzene rings is 2. The van der Waals surface area contributed by atoms with E-state index >= 15 is 0 Å². The predicted octanol–water partition coefficient (Wildman–Crippen LogP) is 3.75. The Hall–Kier alpha value is -2.64. The molecule has 2 aromatic carbocycles. The highest BCUT2D eigenvalue weighted by Crippen LogP contribution is 2.29. The van der Waals surface area contributed by atoms with Gasteiger partial charge in [-0.1, -0.05) is 35.5 Å². The van der Waals surface area contributed by atoms with Gasteiger partial charge in [0.2, 0.25) is 10.0 Å². The molecule has 0 unspecified atom stereocenters. The number of rotatable bonds is 6. The van der Waals surface area contributed by atoms with Gasteiger partial charge in [0.1, 0.15) is 5.75 Å². The first kappa shape index (κ1) is 19.1. The number of aryl methyl sites for hydroxylation is 2. The Bertz CT molecular complexity index is 1070. The first-order chi connectivity index (χ1) is 12.8. The van der Waals surface area contributed by atoms with Crippen molar-refractivity contribution in [2.45, 2.75) is 32.2 Å². The number of hydrogen-bond acceptors (Lipinski definition) is 5. The van der Waals surface area contributed by atoms with Crippen LogP contribution in [0.1, 0.15) is 22.4 Å². The van der Waals surface area contributed by atoms with E-state index in [4.69, 9.17) is 9.26 Å². The van der Waals surface area contributed by atoms with Gasteiger partial charge in [0.25, 0.3) is 0 Å². The number of nitrogens with zero attached hydrogens (tertiary/aromatic N) is 1. The van der Waals surface area contributed by atoms with Crippen LogP contribution in [-0.4, -0.2) is 20.7 Å². The molecule has 0 atom stereocenters. The molecule has 7 heteroatoms. The third-order valence-corrected chi connectivity index (χ3v) is 6.09. The molecule has 0 aliphatic carbocycles. The van der Waals surface area contributed by atoms with E-state index in [9.17, 15) is 8.42 Å². The fourth-order valence-corrected chi connectivity index (χ4v) is 4.09. The molecule has 0 radical (unpaired) electrons. The number of ether oxygens (including phenoxy) is 1. The SMILES string of the molecule is COc1ccccc1CNS(=O)(=O)c1cc(-c2onc(C)c2C)ccc1C. The highest BCUT2D eigenvalue weighted by Gasteiger charge is 2.20. The van der Waals surface area contributed by atoms with Gasteiger partial charge in [0.05, 0.1) is 17.7 Å². The lowest BCUT2D eigenvalue weighted by Crippen LogP contribution is -2.24. The van der Waals surface area contributed by atoms with Crippen LogP contribution in [0.25, 0.3) is 11.3 Å². The summed E-state index contributed by atoms with van der Waals surface area (Å²) in [7, 11) is -2.16. The molecular formula is C20H22N2O4S. The fraction of sp³-hybridized carbons (Fsp3) is 0.250. The van der Waals surface area contributed by atoms with Gasteiger partial charge in [-0.3, -0.25) is 0 Å². The van der Waals surface area contributed by atoms with Crippen LogP contribution in [0.2, 0.25) is 0 Å². The van der Waals surface area contributed by atoms with E-state index in [2.05, 4.69) is 9.88 Å². The maximum absolute atomic E-state index is 12.9. The summed E-state index contributed by atoms with van der Waals surface area (Å²) in [4.78, 5) is 0.211. The van der Waals surface area contributed by atoms with Crippen LogP contribution in [0.5, 0.6) is 5.75 Å². The number of nitrogens with one attached hydrogen (secondary N) is 1. The second-order valence-corrected chi connectivity index (χ2v) is 8.07. The minimum Gasteiger partial charge on any atom is -0.496 e. The van der Waals surface area contributed by atoms with Crippen molar-refractivity contribution in [2.24, 2.45) is 0 Å². The summed E-state index contributed by atoms with van der Waals surface area (Å²) < 4.78 is 39.1. The van der Waals surface area contributed by atoms with E-state index in [-0.39, 0.29) is 11.4 Å². The Balaban J connectivity index is 1.92. The Morgan fingerprint density at radius 3 is 2.52 bits per heavy atom. The molecule has 0 aliphatic heterocycles. The number of aromatic nitrogens is 1. The summed E-state index contributed by atoms with van der Waals surface area (Å²) in [6.45, 7) is 5.65. The molecule has 0 spiro atoms. The zero-order valence-electron chi connectivity index (χ0n) is 15.7. The lowest BCUT2D eigenvalue weighted by Gasteiger charge is -2.12. The zero-order valence-corrected chi connectivity index (χ0v) is 16.6. The van der Waals surface area contributed by atoms with Crippen molar-refractivity contribution in [3.05, 3.63) is 64.8 Å². The first-order valence-electron chi connectivity index (χ1n) is 8.49. The summed E-state index contributed by atoms with van der Waals surface area (Å²) >= 11 is 0. The van der Waals surface area contributed by atoms with Crippen molar-refractivity contribution >= 4 is 10.0 Å². The third kappa shape index (κ3) is 3.89. The molecule has 142 valence electrons. The molecule has 1 aromatic heterocycles. The van der Waals surface area contributed by atoms with Crippen molar-refractivity contribution in [3.63, 3.8) is 0 Å². The maximum atomic E-state index is 12.9. The van der Waals surface area contributed by atoms with E-state index in [1.54, 1.807) is 32.2 Å². The van der Waals surface area contributed by atoms with Gasteiger partial charge < -0.3 is 9.26 Å². The van der Waals surface area contributed by atoms with Crippen LogP contribution in [0.15, 0.2) is 51.9 Å². The predicted molar refractivity (Wildman–Crippen MR) is 103 cm³/mol. The van der Waals surface area contributed by atoms with Gasteiger partial charge in [0.15, 0.2) is 5.76 Å². The molecule has 0 bridgehead atoms. The van der Waals surface area contributed by atoms with E-state index < -0.39 is 10.0 Å². The fourth-order valence-electron chi connectivity index (χ4n) is 2.81. The highest BCUT2D eigenvalue weighted by molar-refractivity contribution is 7.89. The van der Waals surface area contributed by atoms with Gasteiger partial charge in [-0.05, 0) is 38.5 Å². The van der Waals surface area contributed by atoms with E-state index in [0.29, 0.717) is 22.6 Å². The monoisotopic (exact) mass is 386 g/mol. The molecule has 3 aromatic rings. The summed E-state index contributed by atoms with van der Waals surface area (Å²) in [5, 5.41) is 3.95. The van der Waals surface area contributed by atoms with Crippen LogP contribution < -0.4 is 9.46 Å². The van der Waals surface area contributed by atoms with Gasteiger partial charge in [-0.2, -0.15) is 0 Å². The van der Waals surface area contributed by atoms with Gasteiger partial charge in [-0.25, -0.2) is 13.1 Å². The average molecular weight is 386 g/mol. The molecule has 0 fully saturated rings. The van der Waals surface area contributed by atoms with Crippen LogP contribution in [0.3, 0.4) is 0 Å². The third-order valence-electron chi connectivity index (χ3n) is 4.54. The summed E-state index contributed by atoms with van der Waals surface area (Å²) in [5.74, 6) is 1.21. The normalized spacial score (nSPS) is 11.6. The molecule has 0 saturated carbocycles. The maximum Gasteiger partial charge on any atom is 0.241 e. The second-order valence-electron chi connectivity index (χ2n) is 6.34. The molecular weight excluding hydrogens is 364 g/mol. The Morgan fingerprint density at radius 2 is 1.85 bits per heavy atom. The molecule has 0 aliphatic rings. The molecule has 1 heterocycles. The standard InChI is InChI=1S/C20H22N2O4S/c1-13-9-10-16(20-14(2)15(3)22-26-20)11-19(13)27(23,24)21-12-17-7-5-6-8-18(17)25-4/h5-11,21H,12H2,1-4H3. The Morgan fingerprint density at radius 1 is 1.11 bits per heavy atom. The molecule has 0 saturated heterocycles. The smallest absolute Gasteiger partial charge is 0.241 e. The second kappa shape index (κ2) is 7.54. The molecule has 1 N–H and O–H groups in total. The molecule has 0 amide bonds. The van der Waals surface area contributed by atoms with Crippen LogP contribution in [0, 0.1) is 20.8 Å². The number of hydrogen-bond donors (Lipinski definition) is 1. The Kier molecular flexibility index (Phi) is 5.34. The van der Waals surface area contributed by atoms with Crippen LogP contribution >= 0.6 is 0 Å². The van der Waals surface area contributed by atoms with Crippen molar-refractivity contribution < 1.29 is 17.7 Å². The number of sulfonamides is 1. The lowest BCUT2D eigenvalue weighted by molar-refractivity contribution is 0.409. The van der Waals surface area contributed by atoms with Gasteiger partial charge in [-0.15, -0.1) is 0 Å². The lowest BCUT2D eigenvalue weighted by atomic mass is 10.1. The number of para-hydroxylation sites is 1. The average Bonchev–Trinajstić information content (AvgIpc) is 2.99. The summed E-state index contributed by atoms with van der Waals surface area (Å²) in [6.07, 6.45) is 0. The van der Waals surface area contributed by atoms with E-state index in [1.807, 2.05) is 38.1 Å². The minimum absolute atomic E-state index is 0.135. The van der Waals surface area contributed by atoms with E-state index in [0.717, 1.165) is 16.8 Å². The van der Waals surface area contributed by atoms with Crippen molar-refractivity contribution in [1.82, 2.24) is 9.88 Å². The van der Waals surface area contributed by atoms with Crippen molar-refractivity contribution in [3.8, 4) is 17.1 Å². The first-order valence-corrected chi connectivity index (χ1v) is 9.97. The van der Waals surface area contributed by atoms with Gasteiger partial charge in [0, 0.05) is 23.2 Å². The minimum atomic E-state index is -3.72. The van der Waals surface area contributed by atoms with Crippen molar-refractivity contribution in [2.75, 3.05) is 7.11 Å². The Labute approximate surface area is 159 Å². The van der Waals surface area contributed by atoms with Gasteiger partial charge >= 0.3 is 0 Å². The summed E-state index contributed by atoms with van der Waals surface area (Å²) in [5.41, 5.74) is 3.77. The van der Waals surface area contributed by atoms with E-state index in [1.165, 1.54) is 0 Å². The summed E-state index contributed by atoms with van der Waals surface area (Å²) in [6, 6.07) is 12.5. The zero-order chi connectivity index (χ0) is 19.6. The molecule has 6 nitrogen and oxygen atoms in total. The van der Waals surface area contributed by atoms with Crippen LogP contribution in [0.4, 0.5) is 0 Å². The number of methoxy groups -OCH3 is 1. The molecule has 3 rings (SSSR count). The topological polar surface area (TPSA) is 81.4 Å². The largest absolute Gasteiger partial charge is 0.496 e. The van der Waals surface area contributed by atoms with Crippen LogP contribution in [-0.2, 0) is 16.6 Å².